The molecule has 0 aliphatic rings. The minimum Gasteiger partial charge on any atom is -0.493 e. The average molecular weight is 292 g/mol. The maximum absolute atomic E-state index is 5.83. The highest BCUT2D eigenvalue weighted by atomic mass is 32.1. The fourth-order valence-electron chi connectivity index (χ4n) is 1.77. The number of hydrogen-bond acceptors (Lipinski definition) is 5. The average Bonchev–Trinajstić information content (AvgIpc) is 2.88. The first-order valence-electron chi connectivity index (χ1n) is 6.72. The molecular formula is C15H20N2O2S. The van der Waals surface area contributed by atoms with E-state index in [-0.39, 0.29) is 0 Å². The van der Waals surface area contributed by atoms with E-state index in [1.165, 1.54) is 0 Å². The van der Waals surface area contributed by atoms with Gasteiger partial charge >= 0.3 is 0 Å². The van der Waals surface area contributed by atoms with Gasteiger partial charge in [0.2, 0.25) is 0 Å². The van der Waals surface area contributed by atoms with E-state index in [0.29, 0.717) is 19.8 Å². The Kier molecular flexibility index (Phi) is 5.38. The molecule has 0 aliphatic carbocycles. The van der Waals surface area contributed by atoms with Gasteiger partial charge in [-0.1, -0.05) is 13.0 Å². The molecule has 2 rings (SSSR count). The molecule has 0 atom stereocenters. The Balaban J connectivity index is 2.07. The number of thiazole rings is 1. The summed E-state index contributed by atoms with van der Waals surface area (Å²) in [5.41, 5.74) is 7.65. The summed E-state index contributed by atoms with van der Waals surface area (Å²) in [5.74, 6) is 1.58. The first kappa shape index (κ1) is 14.8. The van der Waals surface area contributed by atoms with Crippen molar-refractivity contribution in [2.75, 3.05) is 6.61 Å². The topological polar surface area (TPSA) is 57.4 Å². The van der Waals surface area contributed by atoms with Gasteiger partial charge in [-0.2, -0.15) is 0 Å². The molecule has 0 spiro atoms. The zero-order valence-corrected chi connectivity index (χ0v) is 12.7. The van der Waals surface area contributed by atoms with Gasteiger partial charge in [-0.05, 0) is 19.4 Å². The van der Waals surface area contributed by atoms with Crippen molar-refractivity contribution in [3.63, 3.8) is 0 Å². The van der Waals surface area contributed by atoms with Crippen LogP contribution in [-0.4, -0.2) is 11.6 Å². The summed E-state index contributed by atoms with van der Waals surface area (Å²) in [7, 11) is 0. The predicted molar refractivity (Wildman–Crippen MR) is 81.3 cm³/mol. The van der Waals surface area contributed by atoms with Crippen molar-refractivity contribution >= 4 is 11.3 Å². The van der Waals surface area contributed by atoms with E-state index < -0.39 is 0 Å². The molecule has 0 fully saturated rings. The fourth-order valence-corrected chi connectivity index (χ4v) is 2.37. The number of benzene rings is 1. The van der Waals surface area contributed by atoms with Crippen LogP contribution in [0.1, 0.15) is 29.6 Å². The lowest BCUT2D eigenvalue weighted by Crippen LogP contribution is -2.04. The number of aryl methyl sites for hydroxylation is 1. The van der Waals surface area contributed by atoms with Crippen LogP contribution >= 0.6 is 11.3 Å². The van der Waals surface area contributed by atoms with E-state index in [4.69, 9.17) is 15.2 Å². The van der Waals surface area contributed by atoms with Crippen molar-refractivity contribution in [1.82, 2.24) is 4.98 Å². The van der Waals surface area contributed by atoms with Crippen molar-refractivity contribution in [2.45, 2.75) is 33.4 Å². The molecule has 4 nitrogen and oxygen atoms in total. The maximum Gasteiger partial charge on any atom is 0.131 e. The third kappa shape index (κ3) is 3.95. The molecule has 0 amide bonds. The number of hydrogen-bond donors (Lipinski definition) is 1. The monoisotopic (exact) mass is 292 g/mol. The van der Waals surface area contributed by atoms with Crippen molar-refractivity contribution in [2.24, 2.45) is 5.73 Å². The lowest BCUT2D eigenvalue weighted by Gasteiger charge is -2.12. The summed E-state index contributed by atoms with van der Waals surface area (Å²) in [4.78, 5) is 4.38. The second-order valence-corrected chi connectivity index (χ2v) is 5.53. The Labute approximate surface area is 123 Å². The SMILES string of the molecule is CCCOc1ccc(CN)c(OCc2csc(C)n2)c1. The highest BCUT2D eigenvalue weighted by Gasteiger charge is 2.07. The number of nitrogens with zero attached hydrogens (tertiary/aromatic N) is 1. The zero-order chi connectivity index (χ0) is 14.4. The molecule has 5 heteroatoms. The largest absolute Gasteiger partial charge is 0.493 e. The Bertz CT molecular complexity index is 555. The minimum atomic E-state index is 0.444. The van der Waals surface area contributed by atoms with Crippen molar-refractivity contribution in [3.8, 4) is 11.5 Å². The first-order valence-corrected chi connectivity index (χ1v) is 7.60. The normalized spacial score (nSPS) is 10.6. The van der Waals surface area contributed by atoms with Crippen molar-refractivity contribution in [3.05, 3.63) is 39.8 Å². The van der Waals surface area contributed by atoms with Gasteiger partial charge in [-0.25, -0.2) is 4.98 Å². The summed E-state index contributed by atoms with van der Waals surface area (Å²) >= 11 is 1.62. The lowest BCUT2D eigenvalue weighted by molar-refractivity contribution is 0.289. The molecule has 1 heterocycles. The Morgan fingerprint density at radius 2 is 2.15 bits per heavy atom. The molecule has 2 aromatic rings. The van der Waals surface area contributed by atoms with Crippen LogP contribution in [0.5, 0.6) is 11.5 Å². The molecule has 1 aromatic heterocycles. The number of nitrogens with two attached hydrogens (primary N) is 1. The van der Waals surface area contributed by atoms with Crippen LogP contribution in [0.2, 0.25) is 0 Å². The zero-order valence-electron chi connectivity index (χ0n) is 11.9. The molecule has 0 radical (unpaired) electrons. The van der Waals surface area contributed by atoms with Crippen molar-refractivity contribution in [1.29, 1.82) is 0 Å². The van der Waals surface area contributed by atoms with Crippen LogP contribution in [-0.2, 0) is 13.2 Å². The number of aromatic nitrogens is 1. The van der Waals surface area contributed by atoms with Crippen LogP contribution in [0.4, 0.5) is 0 Å². The summed E-state index contributed by atoms with van der Waals surface area (Å²) in [6.07, 6.45) is 0.979. The van der Waals surface area contributed by atoms with E-state index in [0.717, 1.165) is 34.2 Å². The van der Waals surface area contributed by atoms with E-state index in [1.807, 2.05) is 30.5 Å². The first-order chi connectivity index (χ1) is 9.72. The summed E-state index contributed by atoms with van der Waals surface area (Å²) < 4.78 is 11.4. The van der Waals surface area contributed by atoms with E-state index >= 15 is 0 Å². The summed E-state index contributed by atoms with van der Waals surface area (Å²) in [6, 6.07) is 5.78. The lowest BCUT2D eigenvalue weighted by atomic mass is 10.2. The van der Waals surface area contributed by atoms with Gasteiger partial charge in [0, 0.05) is 23.6 Å². The Hall–Kier alpha value is -1.59. The van der Waals surface area contributed by atoms with Crippen LogP contribution in [0, 0.1) is 6.92 Å². The third-order valence-corrected chi connectivity index (χ3v) is 3.60. The molecule has 0 aliphatic heterocycles. The van der Waals surface area contributed by atoms with Crippen molar-refractivity contribution < 1.29 is 9.47 Å². The molecule has 2 N–H and O–H groups in total. The van der Waals surface area contributed by atoms with Gasteiger partial charge in [0.05, 0.1) is 17.3 Å². The number of rotatable bonds is 7. The van der Waals surface area contributed by atoms with Gasteiger partial charge in [0.1, 0.15) is 18.1 Å². The molecule has 0 saturated heterocycles. The Morgan fingerprint density at radius 1 is 1.30 bits per heavy atom. The van der Waals surface area contributed by atoms with Gasteiger partial charge in [-0.15, -0.1) is 11.3 Å². The molecule has 20 heavy (non-hydrogen) atoms. The summed E-state index contributed by atoms with van der Waals surface area (Å²) in [5, 5.41) is 3.05. The fraction of sp³-hybridized carbons (Fsp3) is 0.400. The second-order valence-electron chi connectivity index (χ2n) is 4.47. The highest BCUT2D eigenvalue weighted by molar-refractivity contribution is 7.09. The standard InChI is InChI=1S/C15H20N2O2S/c1-3-6-18-14-5-4-12(8-16)15(7-14)19-9-13-10-20-11(2)17-13/h4-5,7,10H,3,6,8-9,16H2,1-2H3. The highest BCUT2D eigenvalue weighted by Crippen LogP contribution is 2.26. The smallest absolute Gasteiger partial charge is 0.131 e. The molecule has 0 saturated carbocycles. The molecule has 0 unspecified atom stereocenters. The summed E-state index contributed by atoms with van der Waals surface area (Å²) in [6.45, 7) is 5.66. The van der Waals surface area contributed by atoms with Gasteiger partial charge in [0.25, 0.3) is 0 Å². The molecule has 108 valence electrons. The van der Waals surface area contributed by atoms with Gasteiger partial charge in [-0.3, -0.25) is 0 Å². The minimum absolute atomic E-state index is 0.444. The van der Waals surface area contributed by atoms with E-state index in [1.54, 1.807) is 11.3 Å². The third-order valence-electron chi connectivity index (χ3n) is 2.77. The van der Waals surface area contributed by atoms with E-state index in [9.17, 15) is 0 Å². The van der Waals surface area contributed by atoms with Crippen LogP contribution < -0.4 is 15.2 Å². The van der Waals surface area contributed by atoms with Crippen LogP contribution in [0.25, 0.3) is 0 Å². The van der Waals surface area contributed by atoms with Gasteiger partial charge in [0.15, 0.2) is 0 Å². The molecular weight excluding hydrogens is 272 g/mol. The van der Waals surface area contributed by atoms with Crippen LogP contribution in [0.15, 0.2) is 23.6 Å². The second kappa shape index (κ2) is 7.26. The van der Waals surface area contributed by atoms with E-state index in [2.05, 4.69) is 11.9 Å². The van der Waals surface area contributed by atoms with Gasteiger partial charge < -0.3 is 15.2 Å². The Morgan fingerprint density at radius 3 is 2.80 bits per heavy atom. The maximum atomic E-state index is 5.83. The predicted octanol–water partition coefficient (Wildman–Crippen LogP) is 3.28. The quantitative estimate of drug-likeness (QED) is 0.851. The number of ether oxygens (including phenoxy) is 2. The van der Waals surface area contributed by atoms with Crippen LogP contribution in [0.3, 0.4) is 0 Å². The molecule has 0 bridgehead atoms. The molecule has 1 aromatic carbocycles.